The Morgan fingerprint density at radius 2 is 1.56 bits per heavy atom. The monoisotopic (exact) mass is 516 g/mol. The van der Waals surface area contributed by atoms with Gasteiger partial charge in [-0.15, -0.1) is 0 Å². The minimum atomic E-state index is -0.760. The molecule has 192 valence electrons. The first-order chi connectivity index (χ1) is 16.6. The van der Waals surface area contributed by atoms with Crippen LogP contribution >= 0.6 is 0 Å². The highest BCUT2D eigenvalue weighted by molar-refractivity contribution is 6.07. The number of nitrogens with zero attached hydrogens (tertiary/aromatic N) is 2. The molecule has 0 radical (unpaired) electrons. The molecule has 0 saturated heterocycles. The Kier molecular flexibility index (Phi) is 9.42. The molecule has 0 spiro atoms. The Balaban J connectivity index is 0.00000456. The number of hydrogen-bond donors (Lipinski definition) is 4. The van der Waals surface area contributed by atoms with Gasteiger partial charge >= 0.3 is 5.97 Å². The first-order valence-corrected chi connectivity index (χ1v) is 10.8. The van der Waals surface area contributed by atoms with E-state index in [4.69, 9.17) is 0 Å². The summed E-state index contributed by atoms with van der Waals surface area (Å²) in [6, 6.07) is 9.34. The van der Waals surface area contributed by atoms with Crippen LogP contribution in [0.3, 0.4) is 0 Å². The summed E-state index contributed by atoms with van der Waals surface area (Å²) in [7, 11) is 4.71. The van der Waals surface area contributed by atoms with Crippen LogP contribution in [0.2, 0.25) is 0 Å². The summed E-state index contributed by atoms with van der Waals surface area (Å²) in [5.41, 5.74) is 6.96. The average Bonchev–Trinajstić information content (AvgIpc) is 3.33. The normalized spacial score (nSPS) is 11.1. The third-order valence-corrected chi connectivity index (χ3v) is 5.27. The van der Waals surface area contributed by atoms with E-state index in [1.54, 1.807) is 72.0 Å². The summed E-state index contributed by atoms with van der Waals surface area (Å²) >= 11 is 0. The number of methoxy groups -OCH3 is 1. The van der Waals surface area contributed by atoms with E-state index in [9.17, 15) is 19.2 Å². The van der Waals surface area contributed by atoms with Crippen molar-refractivity contribution >= 4 is 40.8 Å². The third-order valence-electron chi connectivity index (χ3n) is 5.27. The maximum atomic E-state index is 12.9. The van der Waals surface area contributed by atoms with Crippen LogP contribution in [0.5, 0.6) is 0 Å². The lowest BCUT2D eigenvalue weighted by molar-refractivity contribution is -0.254. The summed E-state index contributed by atoms with van der Waals surface area (Å²) < 4.78 is 7.88. The number of aromatic nitrogens is 2. The molecule has 11 nitrogen and oxygen atoms in total. The third kappa shape index (κ3) is 6.96. The van der Waals surface area contributed by atoms with Gasteiger partial charge in [0.25, 0.3) is 11.8 Å². The number of quaternary nitrogens is 1. The van der Waals surface area contributed by atoms with E-state index in [0.29, 0.717) is 28.3 Å². The second-order valence-corrected chi connectivity index (χ2v) is 8.17. The Hall–Kier alpha value is -4.09. The van der Waals surface area contributed by atoms with E-state index in [0.717, 1.165) is 5.69 Å². The Morgan fingerprint density at radius 1 is 0.944 bits per heavy atom. The smallest absolute Gasteiger partial charge is 0.328 e. The molecule has 1 unspecified atom stereocenters. The van der Waals surface area contributed by atoms with Crippen molar-refractivity contribution in [3.05, 3.63) is 65.7 Å². The van der Waals surface area contributed by atoms with Crippen molar-refractivity contribution in [1.82, 2.24) is 14.5 Å². The van der Waals surface area contributed by atoms with E-state index in [1.807, 2.05) is 0 Å². The van der Waals surface area contributed by atoms with Crippen molar-refractivity contribution in [3.8, 4) is 0 Å². The predicted octanol–water partition coefficient (Wildman–Crippen LogP) is -2.03. The van der Waals surface area contributed by atoms with E-state index in [-0.39, 0.29) is 36.5 Å². The molecule has 0 fully saturated rings. The van der Waals surface area contributed by atoms with E-state index in [1.165, 1.54) is 14.0 Å². The molecule has 2 aromatic heterocycles. The largest absolute Gasteiger partial charge is 1.00 e. The minimum Gasteiger partial charge on any atom is -1.00 e. The number of aryl methyl sites for hydroxylation is 2. The van der Waals surface area contributed by atoms with Gasteiger partial charge in [0.05, 0.1) is 25.4 Å². The zero-order valence-corrected chi connectivity index (χ0v) is 21.2. The van der Waals surface area contributed by atoms with Crippen molar-refractivity contribution in [2.45, 2.75) is 19.4 Å². The van der Waals surface area contributed by atoms with Gasteiger partial charge in [-0.25, -0.2) is 4.79 Å². The lowest BCUT2D eigenvalue weighted by Gasteiger charge is -2.12. The molecule has 1 aromatic carbocycles. The maximum absolute atomic E-state index is 12.9. The molecule has 6 N–H and O–H groups in total. The van der Waals surface area contributed by atoms with E-state index >= 15 is 0 Å². The van der Waals surface area contributed by atoms with Gasteiger partial charge in [0.1, 0.15) is 23.1 Å². The number of esters is 1. The second kappa shape index (κ2) is 12.0. The van der Waals surface area contributed by atoms with Gasteiger partial charge in [0.15, 0.2) is 0 Å². The van der Waals surface area contributed by atoms with Gasteiger partial charge in [0, 0.05) is 32.0 Å². The standard InChI is InChI=1S/C24H28N6O5.ClH/c1-14(24(34)35-4)26-21(31)9-15-6-5-7-17(8-15)27-23(33)20-11-18(13-30(20)3)28-22(32)19-10-16(25)12-29(19)2;/h5-8,10-14H,9,25H2,1-4H3,(H,26,31)(H,27,33)(H,28,32);1H. The number of hydrogen-bond acceptors (Lipinski definition) is 5. The van der Waals surface area contributed by atoms with Gasteiger partial charge < -0.3 is 48.0 Å². The fourth-order valence-corrected chi connectivity index (χ4v) is 3.58. The van der Waals surface area contributed by atoms with Crippen LogP contribution in [0.25, 0.3) is 0 Å². The summed E-state index contributed by atoms with van der Waals surface area (Å²) in [6.45, 7) is 1.54. The number of halogens is 1. The first-order valence-electron chi connectivity index (χ1n) is 10.8. The number of nitrogens with one attached hydrogen (secondary N) is 3. The molecule has 0 aliphatic carbocycles. The SMILES string of the molecule is COC(=O)C(C)NC(=O)Cc1cccc(NC(=O)c2cc(NC(=O)c3cc([NH3+])cn3C)cn2C)c1.[Cl-]. The van der Waals surface area contributed by atoms with Crippen molar-refractivity contribution < 1.29 is 42.1 Å². The molecule has 1 atom stereocenters. The zero-order chi connectivity index (χ0) is 25.7. The van der Waals surface area contributed by atoms with Crippen molar-refractivity contribution in [2.24, 2.45) is 14.1 Å². The van der Waals surface area contributed by atoms with Crippen molar-refractivity contribution in [2.75, 3.05) is 17.7 Å². The highest BCUT2D eigenvalue weighted by atomic mass is 35.5. The topological polar surface area (TPSA) is 151 Å². The molecule has 12 heteroatoms. The molecule has 3 rings (SSSR count). The number of carbonyl (C=O) groups excluding carboxylic acids is 4. The van der Waals surface area contributed by atoms with Gasteiger partial charge in [-0.2, -0.15) is 0 Å². The Bertz CT molecular complexity index is 1280. The van der Waals surface area contributed by atoms with Gasteiger partial charge in [0.2, 0.25) is 5.91 Å². The van der Waals surface area contributed by atoms with Crippen LogP contribution in [0.15, 0.2) is 48.8 Å². The number of ether oxygens (including phenoxy) is 1. The van der Waals surface area contributed by atoms with E-state index < -0.39 is 12.0 Å². The van der Waals surface area contributed by atoms with Crippen LogP contribution < -0.4 is 34.1 Å². The molecular weight excluding hydrogens is 488 g/mol. The zero-order valence-electron chi connectivity index (χ0n) is 20.4. The number of benzene rings is 1. The van der Waals surface area contributed by atoms with Gasteiger partial charge in [-0.3, -0.25) is 14.4 Å². The van der Waals surface area contributed by atoms with Crippen molar-refractivity contribution in [3.63, 3.8) is 0 Å². The van der Waals surface area contributed by atoms with Crippen LogP contribution in [-0.2, 0) is 34.8 Å². The van der Waals surface area contributed by atoms with Gasteiger partial charge in [-0.05, 0) is 30.7 Å². The summed E-state index contributed by atoms with van der Waals surface area (Å²) in [4.78, 5) is 49.1. The van der Waals surface area contributed by atoms with E-state index in [2.05, 4.69) is 26.4 Å². The molecule has 0 bridgehead atoms. The molecule has 0 aliphatic heterocycles. The Morgan fingerprint density at radius 3 is 2.17 bits per heavy atom. The fourth-order valence-electron chi connectivity index (χ4n) is 3.58. The number of amides is 3. The quantitative estimate of drug-likeness (QED) is 0.254. The molecule has 3 amide bonds. The maximum Gasteiger partial charge on any atom is 0.328 e. The fraction of sp³-hybridized carbons (Fsp3) is 0.250. The number of anilines is 2. The van der Waals surface area contributed by atoms with Crippen LogP contribution in [0.1, 0.15) is 33.5 Å². The summed E-state index contributed by atoms with van der Waals surface area (Å²) in [6.07, 6.45) is 3.42. The highest BCUT2D eigenvalue weighted by Crippen LogP contribution is 2.18. The Labute approximate surface area is 214 Å². The summed E-state index contributed by atoms with van der Waals surface area (Å²) in [5.74, 6) is -1.58. The molecular formula is C24H29ClN6O5. The molecule has 3 aromatic rings. The first kappa shape index (κ1) is 28.1. The van der Waals surface area contributed by atoms with Crippen LogP contribution in [0, 0.1) is 0 Å². The number of rotatable bonds is 8. The van der Waals surface area contributed by atoms with Gasteiger partial charge in [-0.1, -0.05) is 12.1 Å². The van der Waals surface area contributed by atoms with Crippen molar-refractivity contribution in [1.29, 1.82) is 0 Å². The second-order valence-electron chi connectivity index (χ2n) is 8.17. The molecule has 0 saturated carbocycles. The van der Waals surface area contributed by atoms with Crippen LogP contribution in [-0.4, -0.2) is 46.0 Å². The highest BCUT2D eigenvalue weighted by Gasteiger charge is 2.18. The molecule has 0 aliphatic rings. The molecule has 36 heavy (non-hydrogen) atoms. The minimum absolute atomic E-state index is 0. The molecule has 2 heterocycles. The van der Waals surface area contributed by atoms with Crippen LogP contribution in [0.4, 0.5) is 17.1 Å². The lowest BCUT2D eigenvalue weighted by atomic mass is 10.1. The predicted molar refractivity (Wildman–Crippen MR) is 129 cm³/mol. The summed E-state index contributed by atoms with van der Waals surface area (Å²) in [5, 5.41) is 8.15. The average molecular weight is 517 g/mol. The lowest BCUT2D eigenvalue weighted by Crippen LogP contribution is -3.00. The number of carbonyl (C=O) groups is 4.